The molecule has 0 radical (unpaired) electrons. The Bertz CT molecular complexity index is 563. The van der Waals surface area contributed by atoms with Crippen LogP contribution in [0, 0.1) is 13.8 Å². The number of esters is 1. The highest BCUT2D eigenvalue weighted by Gasteiger charge is 2.24. The van der Waals surface area contributed by atoms with E-state index in [9.17, 15) is 4.79 Å². The van der Waals surface area contributed by atoms with Crippen molar-refractivity contribution in [1.29, 1.82) is 0 Å². The Morgan fingerprint density at radius 1 is 1.41 bits per heavy atom. The molecular formula is C15H24N3O2S2+. The second-order valence-electron chi connectivity index (χ2n) is 5.58. The third-order valence-corrected chi connectivity index (χ3v) is 5.47. The van der Waals surface area contributed by atoms with Gasteiger partial charge in [0.2, 0.25) is 0 Å². The summed E-state index contributed by atoms with van der Waals surface area (Å²) in [5, 5.41) is 4.75. The number of quaternary nitrogens is 1. The zero-order chi connectivity index (χ0) is 16.3. The van der Waals surface area contributed by atoms with E-state index in [4.69, 9.17) is 17.0 Å². The summed E-state index contributed by atoms with van der Waals surface area (Å²) >= 11 is 7.07. The van der Waals surface area contributed by atoms with Crippen LogP contribution in [0.2, 0.25) is 0 Å². The number of aryl methyl sites for hydroxylation is 1. The second kappa shape index (κ2) is 7.39. The van der Waals surface area contributed by atoms with Gasteiger partial charge in [-0.3, -0.25) is 0 Å². The van der Waals surface area contributed by atoms with Crippen molar-refractivity contribution in [3.63, 3.8) is 0 Å². The Kier molecular flexibility index (Phi) is 5.77. The Morgan fingerprint density at radius 2 is 2.05 bits per heavy atom. The Balaban J connectivity index is 2.13. The molecule has 0 unspecified atom stereocenters. The molecule has 1 saturated heterocycles. The van der Waals surface area contributed by atoms with Gasteiger partial charge >= 0.3 is 5.97 Å². The summed E-state index contributed by atoms with van der Waals surface area (Å²) < 4.78 is 5.17. The van der Waals surface area contributed by atoms with Crippen LogP contribution in [0.1, 0.15) is 27.7 Å². The van der Waals surface area contributed by atoms with Crippen molar-refractivity contribution in [2.75, 3.05) is 45.2 Å². The van der Waals surface area contributed by atoms with E-state index in [1.54, 1.807) is 11.3 Å². The van der Waals surface area contributed by atoms with Crippen LogP contribution in [0.4, 0.5) is 5.00 Å². The molecule has 1 fully saturated rings. The highest BCUT2D eigenvalue weighted by molar-refractivity contribution is 7.80. The van der Waals surface area contributed by atoms with E-state index in [0.717, 1.165) is 41.6 Å². The molecule has 2 heterocycles. The average Bonchev–Trinajstić information content (AvgIpc) is 2.74. The fraction of sp³-hybridized carbons (Fsp3) is 0.600. The fourth-order valence-corrected chi connectivity index (χ4v) is 3.83. The summed E-state index contributed by atoms with van der Waals surface area (Å²) in [6, 6.07) is 0. The number of hydrogen-bond acceptors (Lipinski definition) is 4. The van der Waals surface area contributed by atoms with E-state index in [1.807, 2.05) is 20.8 Å². The van der Waals surface area contributed by atoms with Gasteiger partial charge in [-0.05, 0) is 38.6 Å². The van der Waals surface area contributed by atoms with Crippen LogP contribution >= 0.6 is 23.6 Å². The molecular weight excluding hydrogens is 318 g/mol. The molecule has 22 heavy (non-hydrogen) atoms. The number of thiocarbonyl (C=S) groups is 1. The van der Waals surface area contributed by atoms with Gasteiger partial charge in [-0.2, -0.15) is 0 Å². The van der Waals surface area contributed by atoms with E-state index in [1.165, 1.54) is 4.90 Å². The van der Waals surface area contributed by atoms with Gasteiger partial charge in [0, 0.05) is 4.88 Å². The third-order valence-electron chi connectivity index (χ3n) is 3.99. The molecule has 0 aliphatic carbocycles. The number of ether oxygens (including phenoxy) is 1. The molecule has 0 spiro atoms. The molecule has 2 N–H and O–H groups in total. The van der Waals surface area contributed by atoms with E-state index in [2.05, 4.69) is 17.3 Å². The molecule has 0 saturated carbocycles. The fourth-order valence-electron chi connectivity index (χ4n) is 2.43. The molecule has 1 aliphatic rings. The van der Waals surface area contributed by atoms with Crippen LogP contribution in [-0.2, 0) is 4.74 Å². The van der Waals surface area contributed by atoms with Crippen LogP contribution in [0.5, 0.6) is 0 Å². The van der Waals surface area contributed by atoms with Gasteiger partial charge in [0.05, 0.1) is 45.4 Å². The molecule has 122 valence electrons. The van der Waals surface area contributed by atoms with Gasteiger partial charge < -0.3 is 19.9 Å². The predicted molar refractivity (Wildman–Crippen MR) is 94.2 cm³/mol. The number of hydrogen-bond donors (Lipinski definition) is 2. The van der Waals surface area contributed by atoms with Crippen molar-refractivity contribution in [3.8, 4) is 0 Å². The zero-order valence-corrected chi connectivity index (χ0v) is 15.2. The summed E-state index contributed by atoms with van der Waals surface area (Å²) in [6.07, 6.45) is 0. The number of piperazine rings is 1. The van der Waals surface area contributed by atoms with Crippen LogP contribution in [0.3, 0.4) is 0 Å². The monoisotopic (exact) mass is 342 g/mol. The van der Waals surface area contributed by atoms with Crippen LogP contribution < -0.4 is 10.2 Å². The standard InChI is InChI=1S/C15H23N3O2S2/c1-5-20-14(19)12-10(2)11(3)22-13(12)16-15(21)18-8-6-17(4)7-9-18/h5-9H2,1-4H3,(H,16,21)/p+1. The number of thiophene rings is 1. The van der Waals surface area contributed by atoms with Crippen molar-refractivity contribution in [2.45, 2.75) is 20.8 Å². The molecule has 0 atom stereocenters. The predicted octanol–water partition coefficient (Wildman–Crippen LogP) is 1.07. The van der Waals surface area contributed by atoms with Gasteiger partial charge in [0.15, 0.2) is 5.11 Å². The third kappa shape index (κ3) is 3.77. The SMILES string of the molecule is CCOC(=O)c1c(NC(=S)N2CC[NH+](C)CC2)sc(C)c1C. The normalized spacial score (nSPS) is 15.7. The number of carbonyl (C=O) groups excluding carboxylic acids is 1. The summed E-state index contributed by atoms with van der Waals surface area (Å²) in [5.74, 6) is -0.280. The maximum absolute atomic E-state index is 12.2. The second-order valence-corrected chi connectivity index (χ2v) is 7.19. The molecule has 1 aromatic heterocycles. The molecule has 0 bridgehead atoms. The van der Waals surface area contributed by atoms with E-state index in [0.29, 0.717) is 17.3 Å². The molecule has 1 aromatic rings. The summed E-state index contributed by atoms with van der Waals surface area (Å²) in [6.45, 7) is 10.2. The van der Waals surface area contributed by atoms with Gasteiger partial charge in [-0.25, -0.2) is 4.79 Å². The average molecular weight is 343 g/mol. The first-order valence-corrected chi connectivity index (χ1v) is 8.80. The summed E-state index contributed by atoms with van der Waals surface area (Å²) in [5.41, 5.74) is 1.59. The van der Waals surface area contributed by atoms with Crippen molar-refractivity contribution < 1.29 is 14.4 Å². The molecule has 2 rings (SSSR count). The first kappa shape index (κ1) is 17.2. The van der Waals surface area contributed by atoms with Gasteiger partial charge in [0.1, 0.15) is 5.00 Å². The minimum absolute atomic E-state index is 0.280. The lowest BCUT2D eigenvalue weighted by Gasteiger charge is -2.31. The Hall–Kier alpha value is -1.18. The Labute approximate surface area is 141 Å². The van der Waals surface area contributed by atoms with Crippen LogP contribution in [-0.4, -0.2) is 55.8 Å². The van der Waals surface area contributed by atoms with Crippen molar-refractivity contribution in [1.82, 2.24) is 4.90 Å². The number of rotatable bonds is 3. The van der Waals surface area contributed by atoms with Crippen molar-refractivity contribution in [2.24, 2.45) is 0 Å². The van der Waals surface area contributed by atoms with Gasteiger partial charge in [-0.1, -0.05) is 0 Å². The maximum Gasteiger partial charge on any atom is 0.341 e. The molecule has 7 heteroatoms. The minimum atomic E-state index is -0.280. The number of nitrogens with one attached hydrogen (secondary N) is 2. The molecule has 0 amide bonds. The molecule has 1 aliphatic heterocycles. The van der Waals surface area contributed by atoms with E-state index in [-0.39, 0.29) is 5.97 Å². The van der Waals surface area contributed by atoms with Gasteiger partial charge in [-0.15, -0.1) is 11.3 Å². The summed E-state index contributed by atoms with van der Waals surface area (Å²) in [4.78, 5) is 17.0. The quantitative estimate of drug-likeness (QED) is 0.636. The smallest absolute Gasteiger partial charge is 0.341 e. The number of anilines is 1. The highest BCUT2D eigenvalue weighted by Crippen LogP contribution is 2.33. The van der Waals surface area contributed by atoms with Crippen molar-refractivity contribution >= 4 is 39.6 Å². The largest absolute Gasteiger partial charge is 0.462 e. The number of nitrogens with zero attached hydrogens (tertiary/aromatic N) is 1. The lowest BCUT2D eigenvalue weighted by molar-refractivity contribution is -0.883. The Morgan fingerprint density at radius 3 is 2.64 bits per heavy atom. The number of carbonyl (C=O) groups is 1. The lowest BCUT2D eigenvalue weighted by atomic mass is 10.1. The molecule has 5 nitrogen and oxygen atoms in total. The summed E-state index contributed by atoms with van der Waals surface area (Å²) in [7, 11) is 2.19. The minimum Gasteiger partial charge on any atom is -0.462 e. The van der Waals surface area contributed by atoms with Crippen molar-refractivity contribution in [3.05, 3.63) is 16.0 Å². The van der Waals surface area contributed by atoms with Crippen LogP contribution in [0.25, 0.3) is 0 Å². The first-order chi connectivity index (χ1) is 10.4. The van der Waals surface area contributed by atoms with Gasteiger partial charge in [0.25, 0.3) is 0 Å². The number of likely N-dealkylation sites (N-methyl/N-ethyl adjacent to an activating group) is 1. The maximum atomic E-state index is 12.2. The topological polar surface area (TPSA) is 46.0 Å². The lowest BCUT2D eigenvalue weighted by Crippen LogP contribution is -3.12. The molecule has 0 aromatic carbocycles. The van der Waals surface area contributed by atoms with E-state index < -0.39 is 0 Å². The first-order valence-electron chi connectivity index (χ1n) is 7.58. The highest BCUT2D eigenvalue weighted by atomic mass is 32.1. The van der Waals surface area contributed by atoms with Crippen LogP contribution in [0.15, 0.2) is 0 Å². The zero-order valence-electron chi connectivity index (χ0n) is 13.6. The van der Waals surface area contributed by atoms with E-state index >= 15 is 0 Å².